The molecule has 102 valence electrons. The highest BCUT2D eigenvalue weighted by Gasteiger charge is 2.15. The lowest BCUT2D eigenvalue weighted by atomic mass is 10.0. The predicted octanol–water partition coefficient (Wildman–Crippen LogP) is 2.53. The molecule has 0 bridgehead atoms. The van der Waals surface area contributed by atoms with Crippen LogP contribution < -0.4 is 0 Å². The van der Waals surface area contributed by atoms with Gasteiger partial charge in [-0.2, -0.15) is 4.98 Å². The van der Waals surface area contributed by atoms with Crippen LogP contribution in [0.5, 0.6) is 0 Å². The zero-order chi connectivity index (χ0) is 13.8. The molecule has 0 fully saturated rings. The maximum atomic E-state index is 9.78. The van der Waals surface area contributed by atoms with Gasteiger partial charge in [0.15, 0.2) is 5.82 Å². The maximum Gasteiger partial charge on any atom is 0.229 e. The van der Waals surface area contributed by atoms with Crippen molar-refractivity contribution in [1.82, 2.24) is 10.1 Å². The third-order valence-corrected chi connectivity index (χ3v) is 3.15. The van der Waals surface area contributed by atoms with Crippen LogP contribution >= 0.6 is 0 Å². The average Bonchev–Trinajstić information content (AvgIpc) is 2.79. The topological polar surface area (TPSA) is 59.2 Å². The second-order valence-electron chi connectivity index (χ2n) is 5.28. The monoisotopic (exact) mass is 260 g/mol. The van der Waals surface area contributed by atoms with E-state index in [0.717, 1.165) is 5.56 Å². The Kier molecular flexibility index (Phi) is 4.32. The van der Waals surface area contributed by atoms with E-state index in [-0.39, 0.29) is 5.92 Å². The standard InChI is InChI=1S/C15H20N2O2/c1-10(2)13(18)9-15-16-14(17-19-15)8-12-6-4-11(3)5-7-12/h4-7,10,13,18H,8-9H2,1-3H3. The number of hydrogen-bond acceptors (Lipinski definition) is 4. The Balaban J connectivity index is 1.99. The van der Waals surface area contributed by atoms with E-state index >= 15 is 0 Å². The first-order chi connectivity index (χ1) is 9.04. The van der Waals surface area contributed by atoms with Gasteiger partial charge in [-0.15, -0.1) is 0 Å². The van der Waals surface area contributed by atoms with Crippen molar-refractivity contribution in [1.29, 1.82) is 0 Å². The molecule has 1 aromatic heterocycles. The van der Waals surface area contributed by atoms with Crippen LogP contribution in [-0.2, 0) is 12.8 Å². The van der Waals surface area contributed by atoms with Gasteiger partial charge in [-0.05, 0) is 18.4 Å². The number of aryl methyl sites for hydroxylation is 1. The Morgan fingerprint density at radius 3 is 2.53 bits per heavy atom. The molecule has 2 rings (SSSR count). The number of benzene rings is 1. The zero-order valence-electron chi connectivity index (χ0n) is 11.6. The fraction of sp³-hybridized carbons (Fsp3) is 0.467. The summed E-state index contributed by atoms with van der Waals surface area (Å²) in [6.07, 6.45) is 0.632. The maximum absolute atomic E-state index is 9.78. The lowest BCUT2D eigenvalue weighted by Crippen LogP contribution is -2.17. The molecular formula is C15H20N2O2. The lowest BCUT2D eigenvalue weighted by Gasteiger charge is -2.10. The Labute approximate surface area is 113 Å². The first-order valence-electron chi connectivity index (χ1n) is 6.59. The summed E-state index contributed by atoms with van der Waals surface area (Å²) in [5.41, 5.74) is 2.39. The van der Waals surface area contributed by atoms with E-state index in [0.29, 0.717) is 24.6 Å². The zero-order valence-corrected chi connectivity index (χ0v) is 11.6. The van der Waals surface area contributed by atoms with E-state index in [1.807, 2.05) is 13.8 Å². The first-order valence-corrected chi connectivity index (χ1v) is 6.59. The molecule has 0 saturated heterocycles. The van der Waals surface area contributed by atoms with E-state index in [4.69, 9.17) is 4.52 Å². The summed E-state index contributed by atoms with van der Waals surface area (Å²) in [5.74, 6) is 1.35. The van der Waals surface area contributed by atoms with Crippen molar-refractivity contribution in [3.63, 3.8) is 0 Å². The largest absolute Gasteiger partial charge is 0.392 e. The van der Waals surface area contributed by atoms with Gasteiger partial charge < -0.3 is 9.63 Å². The van der Waals surface area contributed by atoms with Crippen LogP contribution in [0.15, 0.2) is 28.8 Å². The third-order valence-electron chi connectivity index (χ3n) is 3.15. The smallest absolute Gasteiger partial charge is 0.229 e. The molecule has 1 N–H and O–H groups in total. The molecule has 1 atom stereocenters. The van der Waals surface area contributed by atoms with Gasteiger partial charge in [-0.3, -0.25) is 0 Å². The van der Waals surface area contributed by atoms with Crippen LogP contribution in [0.3, 0.4) is 0 Å². The molecule has 1 unspecified atom stereocenters. The van der Waals surface area contributed by atoms with E-state index in [1.54, 1.807) is 0 Å². The number of nitrogens with zero attached hydrogens (tertiary/aromatic N) is 2. The minimum Gasteiger partial charge on any atom is -0.392 e. The molecule has 4 heteroatoms. The third kappa shape index (κ3) is 3.89. The fourth-order valence-electron chi connectivity index (χ4n) is 1.75. The molecule has 0 aliphatic rings. The molecule has 4 nitrogen and oxygen atoms in total. The summed E-state index contributed by atoms with van der Waals surface area (Å²) >= 11 is 0. The molecule has 0 radical (unpaired) electrons. The van der Waals surface area contributed by atoms with Crippen molar-refractivity contribution in [2.75, 3.05) is 0 Å². The van der Waals surface area contributed by atoms with Gasteiger partial charge in [0.25, 0.3) is 0 Å². The van der Waals surface area contributed by atoms with Crippen LogP contribution in [0.25, 0.3) is 0 Å². The van der Waals surface area contributed by atoms with E-state index < -0.39 is 6.10 Å². The fourth-order valence-corrected chi connectivity index (χ4v) is 1.75. The molecule has 0 amide bonds. The van der Waals surface area contributed by atoms with Gasteiger partial charge in [-0.25, -0.2) is 0 Å². The Bertz CT molecular complexity index is 517. The van der Waals surface area contributed by atoms with Crippen molar-refractivity contribution in [3.05, 3.63) is 47.1 Å². The van der Waals surface area contributed by atoms with Crippen LogP contribution in [0.1, 0.15) is 36.7 Å². The van der Waals surface area contributed by atoms with Crippen molar-refractivity contribution >= 4 is 0 Å². The minimum atomic E-state index is -0.437. The molecule has 19 heavy (non-hydrogen) atoms. The number of hydrogen-bond donors (Lipinski definition) is 1. The normalized spacial score (nSPS) is 12.9. The molecular weight excluding hydrogens is 240 g/mol. The van der Waals surface area contributed by atoms with Crippen molar-refractivity contribution in [2.45, 2.75) is 39.7 Å². The summed E-state index contributed by atoms with van der Waals surface area (Å²) < 4.78 is 5.16. The quantitative estimate of drug-likeness (QED) is 0.897. The molecule has 0 aliphatic heterocycles. The molecule has 0 aliphatic carbocycles. The molecule has 1 aromatic carbocycles. The second kappa shape index (κ2) is 5.97. The SMILES string of the molecule is Cc1ccc(Cc2noc(CC(O)C(C)C)n2)cc1. The van der Waals surface area contributed by atoms with E-state index in [2.05, 4.69) is 41.3 Å². The van der Waals surface area contributed by atoms with Gasteiger partial charge in [0.05, 0.1) is 12.5 Å². The Hall–Kier alpha value is -1.68. The van der Waals surface area contributed by atoms with Gasteiger partial charge in [0, 0.05) is 6.42 Å². The summed E-state index contributed by atoms with van der Waals surface area (Å²) in [5, 5.41) is 13.7. The highest BCUT2D eigenvalue weighted by Crippen LogP contribution is 2.11. The van der Waals surface area contributed by atoms with Crippen molar-refractivity contribution in [3.8, 4) is 0 Å². The summed E-state index contributed by atoms with van der Waals surface area (Å²) in [6, 6.07) is 8.26. The Morgan fingerprint density at radius 1 is 1.21 bits per heavy atom. The lowest BCUT2D eigenvalue weighted by molar-refractivity contribution is 0.116. The van der Waals surface area contributed by atoms with Crippen LogP contribution in [0.4, 0.5) is 0 Å². The van der Waals surface area contributed by atoms with Gasteiger partial charge in [0.1, 0.15) is 0 Å². The predicted molar refractivity (Wildman–Crippen MR) is 72.8 cm³/mol. The van der Waals surface area contributed by atoms with Crippen molar-refractivity contribution in [2.24, 2.45) is 5.92 Å². The highest BCUT2D eigenvalue weighted by molar-refractivity contribution is 5.23. The first kappa shape index (κ1) is 13.7. The van der Waals surface area contributed by atoms with Gasteiger partial charge in [-0.1, -0.05) is 48.8 Å². The molecule has 2 aromatic rings. The number of aliphatic hydroxyl groups is 1. The summed E-state index contributed by atoms with van der Waals surface area (Å²) in [6.45, 7) is 5.99. The van der Waals surface area contributed by atoms with Crippen LogP contribution in [0, 0.1) is 12.8 Å². The van der Waals surface area contributed by atoms with Crippen LogP contribution in [0.2, 0.25) is 0 Å². The minimum absolute atomic E-state index is 0.187. The second-order valence-corrected chi connectivity index (χ2v) is 5.28. The van der Waals surface area contributed by atoms with E-state index in [1.165, 1.54) is 5.56 Å². The van der Waals surface area contributed by atoms with Gasteiger partial charge >= 0.3 is 0 Å². The number of aromatic nitrogens is 2. The number of aliphatic hydroxyl groups excluding tert-OH is 1. The van der Waals surface area contributed by atoms with E-state index in [9.17, 15) is 5.11 Å². The molecule has 1 heterocycles. The molecule has 0 spiro atoms. The number of rotatable bonds is 5. The highest BCUT2D eigenvalue weighted by atomic mass is 16.5. The summed E-state index contributed by atoms with van der Waals surface area (Å²) in [4.78, 5) is 4.31. The van der Waals surface area contributed by atoms with Gasteiger partial charge in [0.2, 0.25) is 5.89 Å². The average molecular weight is 260 g/mol. The molecule has 0 saturated carbocycles. The summed E-state index contributed by atoms with van der Waals surface area (Å²) in [7, 11) is 0. The van der Waals surface area contributed by atoms with Crippen molar-refractivity contribution < 1.29 is 9.63 Å². The Morgan fingerprint density at radius 2 is 1.89 bits per heavy atom. The van der Waals surface area contributed by atoms with Crippen LogP contribution in [-0.4, -0.2) is 21.4 Å².